The van der Waals surface area contributed by atoms with Crippen LogP contribution in [0.25, 0.3) is 11.3 Å². The van der Waals surface area contributed by atoms with Crippen molar-refractivity contribution in [1.82, 2.24) is 9.78 Å². The number of carboxylic acids is 1. The fourth-order valence-electron chi connectivity index (χ4n) is 1.93. The first-order chi connectivity index (χ1) is 9.38. The summed E-state index contributed by atoms with van der Waals surface area (Å²) >= 11 is 5.97. The second-order valence-electron chi connectivity index (χ2n) is 4.94. The van der Waals surface area contributed by atoms with Crippen molar-refractivity contribution in [2.24, 2.45) is 5.92 Å². The van der Waals surface area contributed by atoms with Gasteiger partial charge >= 0.3 is 5.97 Å². The highest BCUT2D eigenvalue weighted by atomic mass is 35.5. The van der Waals surface area contributed by atoms with Gasteiger partial charge in [-0.3, -0.25) is 4.68 Å². The number of benzene rings is 1. The summed E-state index contributed by atoms with van der Waals surface area (Å²) in [5.74, 6) is -1.24. The molecule has 1 heterocycles. The van der Waals surface area contributed by atoms with Gasteiger partial charge < -0.3 is 5.11 Å². The number of halogens is 2. The highest BCUT2D eigenvalue weighted by molar-refractivity contribution is 6.33. The monoisotopic (exact) mass is 296 g/mol. The summed E-state index contributed by atoms with van der Waals surface area (Å²) in [6.07, 6.45) is 1.47. The Labute approximate surface area is 120 Å². The fraction of sp³-hybridized carbons (Fsp3) is 0.286. The van der Waals surface area contributed by atoms with E-state index in [0.29, 0.717) is 18.0 Å². The van der Waals surface area contributed by atoms with Crippen molar-refractivity contribution in [2.75, 3.05) is 0 Å². The van der Waals surface area contributed by atoms with E-state index in [1.807, 2.05) is 13.8 Å². The van der Waals surface area contributed by atoms with Gasteiger partial charge in [0.2, 0.25) is 0 Å². The largest absolute Gasteiger partial charge is 0.478 e. The lowest BCUT2D eigenvalue weighted by atomic mass is 10.1. The molecule has 1 N–H and O–H groups in total. The number of rotatable bonds is 4. The molecule has 0 saturated carbocycles. The normalized spacial score (nSPS) is 11.1. The molecule has 0 atom stereocenters. The van der Waals surface area contributed by atoms with E-state index in [1.54, 1.807) is 4.68 Å². The Balaban J connectivity index is 2.54. The first kappa shape index (κ1) is 14.5. The van der Waals surface area contributed by atoms with Crippen molar-refractivity contribution in [2.45, 2.75) is 20.4 Å². The molecule has 0 spiro atoms. The van der Waals surface area contributed by atoms with E-state index in [0.717, 1.165) is 6.07 Å². The standard InChI is InChI=1S/C14H14ClFN2O2/c1-8(2)6-18-7-11(14(19)20)13(17-18)10-4-3-9(16)5-12(10)15/h3-5,7-8H,6H2,1-2H3,(H,19,20). The van der Waals surface area contributed by atoms with Crippen LogP contribution in [0.15, 0.2) is 24.4 Å². The first-order valence-electron chi connectivity index (χ1n) is 6.14. The van der Waals surface area contributed by atoms with Crippen LogP contribution in [0, 0.1) is 11.7 Å². The van der Waals surface area contributed by atoms with Gasteiger partial charge in [-0.15, -0.1) is 0 Å². The van der Waals surface area contributed by atoms with E-state index in [1.165, 1.54) is 18.3 Å². The molecule has 0 aliphatic heterocycles. The molecule has 0 unspecified atom stereocenters. The summed E-state index contributed by atoms with van der Waals surface area (Å²) in [5, 5.41) is 13.7. The van der Waals surface area contributed by atoms with Crippen molar-refractivity contribution >= 4 is 17.6 Å². The van der Waals surface area contributed by atoms with E-state index in [9.17, 15) is 14.3 Å². The molecule has 6 heteroatoms. The molecule has 0 saturated heterocycles. The quantitative estimate of drug-likeness (QED) is 0.936. The maximum atomic E-state index is 13.1. The second kappa shape index (κ2) is 5.63. The van der Waals surface area contributed by atoms with E-state index >= 15 is 0 Å². The number of aromatic carboxylic acids is 1. The zero-order valence-electron chi connectivity index (χ0n) is 11.1. The molecule has 0 aliphatic carbocycles. The molecule has 1 aromatic carbocycles. The molecular weight excluding hydrogens is 283 g/mol. The van der Waals surface area contributed by atoms with Gasteiger partial charge in [-0.2, -0.15) is 5.10 Å². The van der Waals surface area contributed by atoms with Crippen LogP contribution < -0.4 is 0 Å². The van der Waals surface area contributed by atoms with E-state index in [2.05, 4.69) is 5.10 Å². The van der Waals surface area contributed by atoms with Crippen LogP contribution in [0.4, 0.5) is 4.39 Å². The Morgan fingerprint density at radius 3 is 2.75 bits per heavy atom. The minimum atomic E-state index is -1.09. The van der Waals surface area contributed by atoms with Gasteiger partial charge in [-0.1, -0.05) is 25.4 Å². The number of nitrogens with zero attached hydrogens (tertiary/aromatic N) is 2. The average Bonchev–Trinajstić information content (AvgIpc) is 2.71. The van der Waals surface area contributed by atoms with Gasteiger partial charge in [-0.05, 0) is 24.1 Å². The maximum Gasteiger partial charge on any atom is 0.339 e. The lowest BCUT2D eigenvalue weighted by Crippen LogP contribution is -2.04. The van der Waals surface area contributed by atoms with Crippen molar-refractivity contribution in [3.8, 4) is 11.3 Å². The number of hydrogen-bond acceptors (Lipinski definition) is 2. The Morgan fingerprint density at radius 1 is 1.50 bits per heavy atom. The lowest BCUT2D eigenvalue weighted by molar-refractivity contribution is 0.0697. The number of hydrogen-bond donors (Lipinski definition) is 1. The third-order valence-corrected chi connectivity index (χ3v) is 3.04. The number of carbonyl (C=O) groups is 1. The van der Waals surface area contributed by atoms with Gasteiger partial charge in [0.15, 0.2) is 0 Å². The molecule has 106 valence electrons. The summed E-state index contributed by atoms with van der Waals surface area (Å²) in [5.41, 5.74) is 0.718. The van der Waals surface area contributed by atoms with Crippen molar-refractivity contribution in [3.63, 3.8) is 0 Å². The second-order valence-corrected chi connectivity index (χ2v) is 5.34. The molecule has 2 aromatic rings. The Bertz CT molecular complexity index is 653. The van der Waals surface area contributed by atoms with Crippen LogP contribution >= 0.6 is 11.6 Å². The minimum Gasteiger partial charge on any atom is -0.478 e. The Hall–Kier alpha value is -1.88. The topological polar surface area (TPSA) is 55.1 Å². The third-order valence-electron chi connectivity index (χ3n) is 2.73. The summed E-state index contributed by atoms with van der Waals surface area (Å²) in [7, 11) is 0. The van der Waals surface area contributed by atoms with E-state index in [-0.39, 0.29) is 16.3 Å². The first-order valence-corrected chi connectivity index (χ1v) is 6.52. The van der Waals surface area contributed by atoms with Crippen molar-refractivity contribution in [3.05, 3.63) is 40.8 Å². The van der Waals surface area contributed by atoms with Gasteiger partial charge in [0.05, 0.1) is 5.02 Å². The molecule has 0 amide bonds. The fourth-order valence-corrected chi connectivity index (χ4v) is 2.18. The molecule has 1 aromatic heterocycles. The predicted molar refractivity (Wildman–Crippen MR) is 74.4 cm³/mol. The van der Waals surface area contributed by atoms with Gasteiger partial charge in [-0.25, -0.2) is 9.18 Å². The van der Waals surface area contributed by atoms with E-state index in [4.69, 9.17) is 11.6 Å². The Morgan fingerprint density at radius 2 is 2.20 bits per heavy atom. The van der Waals surface area contributed by atoms with Crippen LogP contribution in [-0.4, -0.2) is 20.9 Å². The average molecular weight is 297 g/mol. The lowest BCUT2D eigenvalue weighted by Gasteiger charge is -2.04. The summed E-state index contributed by atoms with van der Waals surface area (Å²) in [6.45, 7) is 4.61. The van der Waals surface area contributed by atoms with E-state index < -0.39 is 11.8 Å². The molecule has 4 nitrogen and oxygen atoms in total. The minimum absolute atomic E-state index is 0.0548. The SMILES string of the molecule is CC(C)Cn1cc(C(=O)O)c(-c2ccc(F)cc2Cl)n1. The van der Waals surface area contributed by atoms with Crippen LogP contribution in [0.3, 0.4) is 0 Å². The number of carboxylic acid groups (broad SMARTS) is 1. The molecule has 2 rings (SSSR count). The zero-order chi connectivity index (χ0) is 14.9. The van der Waals surface area contributed by atoms with Crippen LogP contribution in [0.2, 0.25) is 5.02 Å². The summed E-state index contributed by atoms with van der Waals surface area (Å²) in [6, 6.07) is 3.81. The summed E-state index contributed by atoms with van der Waals surface area (Å²) in [4.78, 5) is 11.3. The van der Waals surface area contributed by atoms with Crippen LogP contribution in [-0.2, 0) is 6.54 Å². The number of aromatic nitrogens is 2. The molecule has 0 bridgehead atoms. The van der Waals surface area contributed by atoms with Crippen LogP contribution in [0.1, 0.15) is 24.2 Å². The van der Waals surface area contributed by atoms with Gasteiger partial charge in [0, 0.05) is 18.3 Å². The molecule has 20 heavy (non-hydrogen) atoms. The molecule has 0 radical (unpaired) electrons. The molecule has 0 fully saturated rings. The zero-order valence-corrected chi connectivity index (χ0v) is 11.9. The Kier molecular flexibility index (Phi) is 4.09. The molecular formula is C14H14ClFN2O2. The highest BCUT2D eigenvalue weighted by Gasteiger charge is 2.19. The van der Waals surface area contributed by atoms with Crippen molar-refractivity contribution < 1.29 is 14.3 Å². The molecule has 0 aliphatic rings. The predicted octanol–water partition coefficient (Wildman–Crippen LogP) is 3.70. The van der Waals surface area contributed by atoms with Crippen molar-refractivity contribution in [1.29, 1.82) is 0 Å². The van der Waals surface area contributed by atoms with Gasteiger partial charge in [0.1, 0.15) is 17.1 Å². The smallest absolute Gasteiger partial charge is 0.339 e. The van der Waals surface area contributed by atoms with Crippen LogP contribution in [0.5, 0.6) is 0 Å². The van der Waals surface area contributed by atoms with Gasteiger partial charge in [0.25, 0.3) is 0 Å². The highest BCUT2D eigenvalue weighted by Crippen LogP contribution is 2.30. The third kappa shape index (κ3) is 2.99. The maximum absolute atomic E-state index is 13.1. The summed E-state index contributed by atoms with van der Waals surface area (Å²) < 4.78 is 14.6.